The molecule has 5 N–H and O–H groups in total. The molecule has 0 aromatic heterocycles. The van der Waals surface area contributed by atoms with Crippen LogP contribution in [-0.4, -0.2) is 24.4 Å². The second kappa shape index (κ2) is 6.00. The minimum atomic E-state index is -0.675. The van der Waals surface area contributed by atoms with Crippen LogP contribution in [0.1, 0.15) is 22.8 Å². The van der Waals surface area contributed by atoms with Gasteiger partial charge in [-0.1, -0.05) is 12.1 Å². The summed E-state index contributed by atoms with van der Waals surface area (Å²) in [7, 11) is 0. The van der Waals surface area contributed by atoms with Crippen molar-refractivity contribution < 1.29 is 9.59 Å². The maximum absolute atomic E-state index is 11.7. The summed E-state index contributed by atoms with van der Waals surface area (Å²) in [5, 5.41) is 2.51. The zero-order valence-corrected chi connectivity index (χ0v) is 9.77. The molecule has 17 heavy (non-hydrogen) atoms. The Balaban J connectivity index is 2.66. The first-order chi connectivity index (χ1) is 8.04. The Hall–Kier alpha value is -1.88. The summed E-state index contributed by atoms with van der Waals surface area (Å²) in [5.41, 5.74) is 12.1. The molecule has 0 aliphatic carbocycles. The Morgan fingerprint density at radius 3 is 2.35 bits per heavy atom. The van der Waals surface area contributed by atoms with Gasteiger partial charge in [0.2, 0.25) is 5.91 Å². The van der Waals surface area contributed by atoms with E-state index in [9.17, 15) is 9.59 Å². The lowest BCUT2D eigenvalue weighted by molar-refractivity contribution is -0.119. The zero-order valence-electron chi connectivity index (χ0n) is 9.77. The van der Waals surface area contributed by atoms with Gasteiger partial charge in [-0.05, 0) is 37.6 Å². The maximum atomic E-state index is 11.7. The standard InChI is InChI=1S/C12H17N3O2/c1-8(11(14)16)15-12(17)10-4-2-9(3-5-10)6-7-13/h2-5,8H,6-7,13H2,1H3,(H2,14,16)(H,15,17). The first-order valence-corrected chi connectivity index (χ1v) is 5.43. The lowest BCUT2D eigenvalue weighted by Crippen LogP contribution is -2.42. The first kappa shape index (κ1) is 13.2. The molecule has 5 nitrogen and oxygen atoms in total. The first-order valence-electron chi connectivity index (χ1n) is 5.43. The summed E-state index contributed by atoms with van der Waals surface area (Å²) in [5.74, 6) is -0.867. The van der Waals surface area contributed by atoms with E-state index in [0.29, 0.717) is 12.1 Å². The molecule has 0 saturated heterocycles. The second-order valence-electron chi connectivity index (χ2n) is 3.83. The van der Waals surface area contributed by atoms with Crippen molar-refractivity contribution in [2.75, 3.05) is 6.54 Å². The van der Waals surface area contributed by atoms with Crippen LogP contribution in [0.4, 0.5) is 0 Å². The van der Waals surface area contributed by atoms with E-state index in [1.807, 2.05) is 12.1 Å². The third-order valence-electron chi connectivity index (χ3n) is 2.42. The summed E-state index contributed by atoms with van der Waals surface area (Å²) in [4.78, 5) is 22.5. The molecule has 5 heteroatoms. The monoisotopic (exact) mass is 235 g/mol. The topological polar surface area (TPSA) is 98.2 Å². The molecule has 1 atom stereocenters. The highest BCUT2D eigenvalue weighted by Crippen LogP contribution is 2.05. The fraction of sp³-hybridized carbons (Fsp3) is 0.333. The van der Waals surface area contributed by atoms with Gasteiger partial charge in [0.05, 0.1) is 0 Å². The van der Waals surface area contributed by atoms with Gasteiger partial charge in [-0.3, -0.25) is 9.59 Å². The zero-order chi connectivity index (χ0) is 12.8. The summed E-state index contributed by atoms with van der Waals surface area (Å²) in [6.07, 6.45) is 0.777. The molecule has 2 amide bonds. The van der Waals surface area contributed by atoms with Crippen molar-refractivity contribution in [3.05, 3.63) is 35.4 Å². The van der Waals surface area contributed by atoms with Crippen molar-refractivity contribution >= 4 is 11.8 Å². The number of carbonyl (C=O) groups excluding carboxylic acids is 2. The van der Waals surface area contributed by atoms with Crippen LogP contribution in [0.15, 0.2) is 24.3 Å². The van der Waals surface area contributed by atoms with E-state index in [2.05, 4.69) is 5.32 Å². The smallest absolute Gasteiger partial charge is 0.251 e. The number of nitrogens with one attached hydrogen (secondary N) is 1. The van der Waals surface area contributed by atoms with Gasteiger partial charge in [-0.25, -0.2) is 0 Å². The fourth-order valence-corrected chi connectivity index (χ4v) is 1.34. The van der Waals surface area contributed by atoms with E-state index in [0.717, 1.165) is 12.0 Å². The molecule has 0 bridgehead atoms. The van der Waals surface area contributed by atoms with Crippen molar-refractivity contribution in [3.63, 3.8) is 0 Å². The summed E-state index contributed by atoms with van der Waals surface area (Å²) < 4.78 is 0. The molecule has 0 radical (unpaired) electrons. The minimum Gasteiger partial charge on any atom is -0.368 e. The summed E-state index contributed by atoms with van der Waals surface area (Å²) in [6, 6.07) is 6.42. The molecule has 0 heterocycles. The molecule has 1 aromatic carbocycles. The van der Waals surface area contributed by atoms with Gasteiger partial charge in [-0.15, -0.1) is 0 Å². The highest BCUT2D eigenvalue weighted by atomic mass is 16.2. The Bertz CT molecular complexity index is 401. The van der Waals surface area contributed by atoms with Crippen molar-refractivity contribution in [2.24, 2.45) is 11.5 Å². The largest absolute Gasteiger partial charge is 0.368 e. The van der Waals surface area contributed by atoms with Crippen molar-refractivity contribution in [1.82, 2.24) is 5.32 Å². The van der Waals surface area contributed by atoms with Gasteiger partial charge >= 0.3 is 0 Å². The van der Waals surface area contributed by atoms with Crippen LogP contribution in [0.5, 0.6) is 0 Å². The number of benzene rings is 1. The Kier molecular flexibility index (Phi) is 4.66. The number of carbonyl (C=O) groups is 2. The van der Waals surface area contributed by atoms with E-state index in [-0.39, 0.29) is 5.91 Å². The molecule has 0 saturated carbocycles. The fourth-order valence-electron chi connectivity index (χ4n) is 1.34. The number of hydrogen-bond acceptors (Lipinski definition) is 3. The lowest BCUT2D eigenvalue weighted by Gasteiger charge is -2.10. The Labute approximate surface area is 100 Å². The van der Waals surface area contributed by atoms with Crippen LogP contribution >= 0.6 is 0 Å². The molecular formula is C12H17N3O2. The van der Waals surface area contributed by atoms with Crippen LogP contribution in [0.3, 0.4) is 0 Å². The van der Waals surface area contributed by atoms with E-state index in [1.165, 1.54) is 0 Å². The van der Waals surface area contributed by atoms with Crippen molar-refractivity contribution in [2.45, 2.75) is 19.4 Å². The van der Waals surface area contributed by atoms with Crippen LogP contribution in [0, 0.1) is 0 Å². The van der Waals surface area contributed by atoms with E-state index in [1.54, 1.807) is 19.1 Å². The maximum Gasteiger partial charge on any atom is 0.251 e. The van der Waals surface area contributed by atoms with Gasteiger partial charge < -0.3 is 16.8 Å². The molecule has 1 aromatic rings. The van der Waals surface area contributed by atoms with Crippen LogP contribution in [0.2, 0.25) is 0 Å². The van der Waals surface area contributed by atoms with E-state index >= 15 is 0 Å². The molecule has 1 unspecified atom stereocenters. The predicted molar refractivity (Wildman–Crippen MR) is 65.3 cm³/mol. The van der Waals surface area contributed by atoms with E-state index in [4.69, 9.17) is 11.5 Å². The van der Waals surface area contributed by atoms with E-state index < -0.39 is 11.9 Å². The van der Waals surface area contributed by atoms with Crippen LogP contribution in [0.25, 0.3) is 0 Å². The van der Waals surface area contributed by atoms with Crippen LogP contribution < -0.4 is 16.8 Å². The number of rotatable bonds is 5. The van der Waals surface area contributed by atoms with Gasteiger partial charge in [0, 0.05) is 5.56 Å². The normalized spacial score (nSPS) is 11.9. The average Bonchev–Trinajstić information content (AvgIpc) is 2.30. The van der Waals surface area contributed by atoms with Gasteiger partial charge in [-0.2, -0.15) is 0 Å². The Morgan fingerprint density at radius 2 is 1.88 bits per heavy atom. The number of amides is 2. The minimum absolute atomic E-state index is 0.310. The van der Waals surface area contributed by atoms with Crippen LogP contribution in [-0.2, 0) is 11.2 Å². The Morgan fingerprint density at radius 1 is 1.29 bits per heavy atom. The quantitative estimate of drug-likeness (QED) is 0.658. The second-order valence-corrected chi connectivity index (χ2v) is 3.83. The SMILES string of the molecule is CC(NC(=O)c1ccc(CCN)cc1)C(N)=O. The number of nitrogens with two attached hydrogens (primary N) is 2. The van der Waals surface area contributed by atoms with Gasteiger partial charge in [0.1, 0.15) is 6.04 Å². The summed E-state index contributed by atoms with van der Waals surface area (Å²) >= 11 is 0. The molecule has 1 rings (SSSR count). The lowest BCUT2D eigenvalue weighted by atomic mass is 10.1. The average molecular weight is 235 g/mol. The highest BCUT2D eigenvalue weighted by molar-refractivity contribution is 5.97. The van der Waals surface area contributed by atoms with Crippen molar-refractivity contribution in [3.8, 4) is 0 Å². The predicted octanol–water partition coefficient (Wildman–Crippen LogP) is -0.209. The molecule has 92 valence electrons. The molecule has 0 aliphatic rings. The van der Waals surface area contributed by atoms with Gasteiger partial charge in [0.15, 0.2) is 0 Å². The highest BCUT2D eigenvalue weighted by Gasteiger charge is 2.13. The van der Waals surface area contributed by atoms with Crippen molar-refractivity contribution in [1.29, 1.82) is 0 Å². The van der Waals surface area contributed by atoms with Gasteiger partial charge in [0.25, 0.3) is 5.91 Å². The molecular weight excluding hydrogens is 218 g/mol. The number of primary amides is 1. The number of hydrogen-bond donors (Lipinski definition) is 3. The molecule has 0 fully saturated rings. The molecule has 0 spiro atoms. The third-order valence-corrected chi connectivity index (χ3v) is 2.42. The molecule has 0 aliphatic heterocycles. The summed E-state index contributed by atoms with van der Waals surface area (Å²) in [6.45, 7) is 2.12. The third kappa shape index (κ3) is 3.88.